The van der Waals surface area contributed by atoms with Crippen LogP contribution in [0.5, 0.6) is 5.75 Å². The van der Waals surface area contributed by atoms with Gasteiger partial charge in [-0.15, -0.1) is 0 Å². The lowest BCUT2D eigenvalue weighted by atomic mass is 10.1. The summed E-state index contributed by atoms with van der Waals surface area (Å²) in [5.41, 5.74) is 2.97. The van der Waals surface area contributed by atoms with Crippen LogP contribution in [0, 0.1) is 5.41 Å². The molecule has 1 heterocycles. The lowest BCUT2D eigenvalue weighted by Crippen LogP contribution is -2.51. The highest BCUT2D eigenvalue weighted by atomic mass is 35.5. The minimum absolute atomic E-state index is 0.00568. The normalized spacial score (nSPS) is 13.8. The van der Waals surface area contributed by atoms with Crippen molar-refractivity contribution in [3.8, 4) is 16.9 Å². The fraction of sp³-hybridized carbons (Fsp3) is 0.207. The third-order valence-electron chi connectivity index (χ3n) is 6.09. The molecule has 0 unspecified atom stereocenters. The molecule has 9 heteroatoms. The molecule has 3 aromatic carbocycles. The molecular formula is C29H30ClN5O3. The van der Waals surface area contributed by atoms with Crippen LogP contribution in [0.15, 0.2) is 90.3 Å². The number of allylic oxidation sites excluding steroid dienone is 1. The van der Waals surface area contributed by atoms with E-state index < -0.39 is 5.91 Å². The summed E-state index contributed by atoms with van der Waals surface area (Å²) in [7, 11) is 0. The van der Waals surface area contributed by atoms with E-state index in [0.717, 1.165) is 17.3 Å². The number of amides is 3. The minimum Gasteiger partial charge on any atom is -0.449 e. The summed E-state index contributed by atoms with van der Waals surface area (Å²) in [5.74, 6) is -0.0377. The molecule has 196 valence electrons. The second-order valence-corrected chi connectivity index (χ2v) is 9.06. The minimum atomic E-state index is -0.496. The Morgan fingerprint density at radius 1 is 0.895 bits per heavy atom. The van der Waals surface area contributed by atoms with Crippen molar-refractivity contribution in [2.24, 2.45) is 0 Å². The van der Waals surface area contributed by atoms with Crippen LogP contribution in [0.25, 0.3) is 11.1 Å². The lowest BCUT2D eigenvalue weighted by Gasteiger charge is -2.36. The van der Waals surface area contributed by atoms with Gasteiger partial charge in [0, 0.05) is 49.6 Å². The molecular weight excluding hydrogens is 502 g/mol. The maximum Gasteiger partial charge on any atom is 0.317 e. The Labute approximate surface area is 227 Å². The summed E-state index contributed by atoms with van der Waals surface area (Å²) in [6.07, 6.45) is 1.12. The smallest absolute Gasteiger partial charge is 0.317 e. The van der Waals surface area contributed by atoms with Crippen molar-refractivity contribution in [2.45, 2.75) is 6.92 Å². The molecule has 0 aromatic heterocycles. The van der Waals surface area contributed by atoms with Gasteiger partial charge in [0.1, 0.15) is 11.4 Å². The number of urea groups is 1. The number of nitrogens with one attached hydrogen (secondary N) is 3. The zero-order valence-electron chi connectivity index (χ0n) is 21.1. The van der Waals surface area contributed by atoms with Gasteiger partial charge in [-0.3, -0.25) is 4.79 Å². The third kappa shape index (κ3) is 6.72. The topological polar surface area (TPSA) is 97.8 Å². The Morgan fingerprint density at radius 2 is 1.50 bits per heavy atom. The van der Waals surface area contributed by atoms with E-state index in [1.54, 1.807) is 41.3 Å². The number of hydrogen-bond donors (Lipinski definition) is 3. The molecule has 3 N–H and O–H groups in total. The number of benzene rings is 3. The molecule has 1 saturated heterocycles. The first-order chi connectivity index (χ1) is 18.5. The van der Waals surface area contributed by atoms with E-state index in [0.29, 0.717) is 54.9 Å². The molecule has 1 fully saturated rings. The maximum atomic E-state index is 13.5. The number of hydrogen-bond acceptors (Lipinski definition) is 5. The van der Waals surface area contributed by atoms with Crippen molar-refractivity contribution in [1.82, 2.24) is 15.1 Å². The fourth-order valence-electron chi connectivity index (χ4n) is 4.11. The van der Waals surface area contributed by atoms with Crippen LogP contribution < -0.4 is 15.4 Å². The second-order valence-electron chi connectivity index (χ2n) is 8.62. The summed E-state index contributed by atoms with van der Waals surface area (Å²) in [5, 5.41) is 14.3. The van der Waals surface area contributed by atoms with Gasteiger partial charge in [0.2, 0.25) is 5.76 Å². The summed E-state index contributed by atoms with van der Waals surface area (Å²) < 4.78 is 6.14. The molecule has 38 heavy (non-hydrogen) atoms. The predicted octanol–water partition coefficient (Wildman–Crippen LogP) is 5.23. The Bertz CT molecular complexity index is 1290. The number of halogens is 1. The van der Waals surface area contributed by atoms with Gasteiger partial charge in [-0.05, 0) is 54.4 Å². The Kier molecular flexibility index (Phi) is 9.00. The van der Waals surface area contributed by atoms with Crippen LogP contribution in [0.2, 0.25) is 5.02 Å². The molecule has 0 bridgehead atoms. The van der Waals surface area contributed by atoms with Crippen molar-refractivity contribution < 1.29 is 14.3 Å². The number of nitrogens with zero attached hydrogens (tertiary/aromatic N) is 2. The van der Waals surface area contributed by atoms with Crippen LogP contribution in [0.4, 0.5) is 10.5 Å². The van der Waals surface area contributed by atoms with Gasteiger partial charge in [-0.2, -0.15) is 0 Å². The lowest BCUT2D eigenvalue weighted by molar-refractivity contribution is -0.115. The highest BCUT2D eigenvalue weighted by molar-refractivity contribution is 6.30. The number of ether oxygens (including phenoxy) is 1. The van der Waals surface area contributed by atoms with Gasteiger partial charge in [-0.25, -0.2) is 4.79 Å². The van der Waals surface area contributed by atoms with Gasteiger partial charge in [0.05, 0.1) is 0 Å². The van der Waals surface area contributed by atoms with E-state index in [9.17, 15) is 9.59 Å². The summed E-state index contributed by atoms with van der Waals surface area (Å²) in [6.45, 7) is 4.25. The van der Waals surface area contributed by atoms with E-state index >= 15 is 0 Å². The van der Waals surface area contributed by atoms with Crippen LogP contribution >= 0.6 is 11.6 Å². The number of carbonyl (C=O) groups excluding carboxylic acids is 2. The van der Waals surface area contributed by atoms with E-state index in [1.165, 1.54) is 0 Å². The largest absolute Gasteiger partial charge is 0.449 e. The molecule has 0 radical (unpaired) electrons. The molecule has 3 aromatic rings. The van der Waals surface area contributed by atoms with Crippen molar-refractivity contribution in [1.29, 1.82) is 5.41 Å². The third-order valence-corrected chi connectivity index (χ3v) is 6.35. The Hall–Kier alpha value is -4.30. The van der Waals surface area contributed by atoms with Crippen molar-refractivity contribution >= 4 is 35.4 Å². The number of anilines is 1. The fourth-order valence-corrected chi connectivity index (χ4v) is 4.24. The molecule has 0 spiro atoms. The van der Waals surface area contributed by atoms with Crippen molar-refractivity contribution in [3.05, 3.63) is 95.3 Å². The van der Waals surface area contributed by atoms with Crippen molar-refractivity contribution in [3.63, 3.8) is 0 Å². The predicted molar refractivity (Wildman–Crippen MR) is 151 cm³/mol. The molecule has 0 saturated carbocycles. The van der Waals surface area contributed by atoms with Gasteiger partial charge in [0.25, 0.3) is 5.91 Å². The quantitative estimate of drug-likeness (QED) is 0.210. The van der Waals surface area contributed by atoms with E-state index in [4.69, 9.17) is 21.7 Å². The standard InChI is InChI=1S/C29H30ClN5O3/c1-2-32-29(37)35-18-16-34(17-19-35)26(20-31)27(28(36)33-24-12-10-23(30)11-13-24)38-25-14-8-22(9-15-25)21-6-4-3-5-7-21/h3-15,20,31H,2,16-19H2,1H3,(H,32,37)(H,33,36)/b27-26-,31-20?. The molecule has 0 atom stereocenters. The summed E-state index contributed by atoms with van der Waals surface area (Å²) >= 11 is 5.99. The molecule has 0 aliphatic carbocycles. The van der Waals surface area contributed by atoms with Crippen LogP contribution in [-0.4, -0.2) is 60.7 Å². The first kappa shape index (κ1) is 26.8. The molecule has 3 amide bonds. The van der Waals surface area contributed by atoms with Crippen LogP contribution in [0.1, 0.15) is 6.92 Å². The Morgan fingerprint density at radius 3 is 2.11 bits per heavy atom. The highest BCUT2D eigenvalue weighted by Gasteiger charge is 2.27. The molecule has 1 aliphatic rings. The highest BCUT2D eigenvalue weighted by Crippen LogP contribution is 2.25. The van der Waals surface area contributed by atoms with E-state index in [-0.39, 0.29) is 11.8 Å². The SMILES string of the molecule is CCNC(=O)N1CCN(/C(C=N)=C(\Oc2ccc(-c3ccccc3)cc2)C(=O)Nc2ccc(Cl)cc2)CC1. The zero-order valence-corrected chi connectivity index (χ0v) is 21.9. The average Bonchev–Trinajstić information content (AvgIpc) is 2.95. The Balaban J connectivity index is 1.60. The van der Waals surface area contributed by atoms with Gasteiger partial charge in [0.15, 0.2) is 0 Å². The molecule has 8 nitrogen and oxygen atoms in total. The van der Waals surface area contributed by atoms with Gasteiger partial charge in [-0.1, -0.05) is 54.1 Å². The first-order valence-corrected chi connectivity index (χ1v) is 12.8. The van der Waals surface area contributed by atoms with Crippen LogP contribution in [0.3, 0.4) is 0 Å². The van der Waals surface area contributed by atoms with E-state index in [2.05, 4.69) is 10.6 Å². The van der Waals surface area contributed by atoms with Gasteiger partial charge < -0.3 is 30.6 Å². The first-order valence-electron chi connectivity index (χ1n) is 12.4. The number of carbonyl (C=O) groups is 2. The van der Waals surface area contributed by atoms with Crippen molar-refractivity contribution in [2.75, 3.05) is 38.0 Å². The van der Waals surface area contributed by atoms with E-state index in [1.807, 2.05) is 54.3 Å². The summed E-state index contributed by atoms with van der Waals surface area (Å²) in [6, 6.07) is 24.0. The summed E-state index contributed by atoms with van der Waals surface area (Å²) in [4.78, 5) is 29.3. The monoisotopic (exact) mass is 531 g/mol. The molecule has 1 aliphatic heterocycles. The zero-order chi connectivity index (χ0) is 26.9. The molecule has 4 rings (SSSR count). The maximum absolute atomic E-state index is 13.5. The number of piperazine rings is 1. The second kappa shape index (κ2) is 12.8. The number of rotatable bonds is 8. The van der Waals surface area contributed by atoms with Crippen LogP contribution in [-0.2, 0) is 4.79 Å². The van der Waals surface area contributed by atoms with Gasteiger partial charge >= 0.3 is 6.03 Å². The average molecular weight is 532 g/mol.